The molecule has 1 aromatic rings. The van der Waals surface area contributed by atoms with Crippen LogP contribution in [0.25, 0.3) is 0 Å². The first kappa shape index (κ1) is 15.9. The minimum Gasteiger partial charge on any atom is -0.504 e. The Kier molecular flexibility index (Phi) is 5.28. The zero-order chi connectivity index (χ0) is 14.6. The second-order valence-electron chi connectivity index (χ2n) is 6.51. The van der Waals surface area contributed by atoms with Gasteiger partial charge in [0.05, 0.1) is 7.11 Å². The SMILES string of the molecule is COc1cc(C(C)(C)CCCC(C)C)cc(C)c1O. The van der Waals surface area contributed by atoms with Crippen molar-refractivity contribution >= 4 is 0 Å². The molecule has 2 nitrogen and oxygen atoms in total. The van der Waals surface area contributed by atoms with Crippen molar-refractivity contribution in [3.63, 3.8) is 0 Å². The molecule has 0 saturated heterocycles. The summed E-state index contributed by atoms with van der Waals surface area (Å²) in [6.45, 7) is 11.0. The average molecular weight is 264 g/mol. The summed E-state index contributed by atoms with van der Waals surface area (Å²) in [4.78, 5) is 0. The third-order valence-corrected chi connectivity index (χ3v) is 3.85. The smallest absolute Gasteiger partial charge is 0.161 e. The minimum absolute atomic E-state index is 0.112. The normalized spacial score (nSPS) is 11.9. The molecule has 0 aliphatic heterocycles. The molecule has 0 unspecified atom stereocenters. The van der Waals surface area contributed by atoms with Gasteiger partial charge in [-0.1, -0.05) is 46.6 Å². The first-order chi connectivity index (χ1) is 8.77. The molecule has 19 heavy (non-hydrogen) atoms. The van der Waals surface area contributed by atoms with Crippen LogP contribution in [0.1, 0.15) is 58.1 Å². The van der Waals surface area contributed by atoms with Gasteiger partial charge in [0, 0.05) is 0 Å². The number of benzene rings is 1. The fourth-order valence-corrected chi connectivity index (χ4v) is 2.39. The Bertz CT molecular complexity index is 420. The minimum atomic E-state index is 0.112. The molecule has 0 fully saturated rings. The van der Waals surface area contributed by atoms with Crippen molar-refractivity contribution in [2.24, 2.45) is 5.92 Å². The Labute approximate surface area is 117 Å². The lowest BCUT2D eigenvalue weighted by Gasteiger charge is -2.27. The van der Waals surface area contributed by atoms with Gasteiger partial charge in [-0.05, 0) is 41.9 Å². The molecule has 0 amide bonds. The number of aryl methyl sites for hydroxylation is 1. The quantitative estimate of drug-likeness (QED) is 0.798. The van der Waals surface area contributed by atoms with Crippen LogP contribution >= 0.6 is 0 Å². The second kappa shape index (κ2) is 6.31. The second-order valence-corrected chi connectivity index (χ2v) is 6.51. The first-order valence-electron chi connectivity index (χ1n) is 7.16. The monoisotopic (exact) mass is 264 g/mol. The van der Waals surface area contributed by atoms with Crippen LogP contribution in [0.5, 0.6) is 11.5 Å². The van der Waals surface area contributed by atoms with E-state index in [0.29, 0.717) is 5.75 Å². The van der Waals surface area contributed by atoms with Gasteiger partial charge in [0.15, 0.2) is 11.5 Å². The zero-order valence-corrected chi connectivity index (χ0v) is 13.2. The maximum absolute atomic E-state index is 9.91. The third-order valence-electron chi connectivity index (χ3n) is 3.85. The van der Waals surface area contributed by atoms with Crippen LogP contribution in [0.15, 0.2) is 12.1 Å². The van der Waals surface area contributed by atoms with E-state index in [2.05, 4.69) is 33.8 Å². The summed E-state index contributed by atoms with van der Waals surface area (Å²) in [5.41, 5.74) is 2.23. The zero-order valence-electron chi connectivity index (χ0n) is 13.2. The van der Waals surface area contributed by atoms with Crippen molar-refractivity contribution in [1.29, 1.82) is 0 Å². The number of hydrogen-bond donors (Lipinski definition) is 1. The summed E-state index contributed by atoms with van der Waals surface area (Å²) in [6, 6.07) is 4.05. The van der Waals surface area contributed by atoms with Gasteiger partial charge in [-0.2, -0.15) is 0 Å². The largest absolute Gasteiger partial charge is 0.504 e. The average Bonchev–Trinajstić information content (AvgIpc) is 2.31. The van der Waals surface area contributed by atoms with Crippen molar-refractivity contribution in [2.45, 2.75) is 59.3 Å². The lowest BCUT2D eigenvalue weighted by atomic mass is 9.79. The lowest BCUT2D eigenvalue weighted by molar-refractivity contribution is 0.367. The molecule has 108 valence electrons. The Balaban J connectivity index is 2.91. The van der Waals surface area contributed by atoms with E-state index in [0.717, 1.165) is 17.9 Å². The summed E-state index contributed by atoms with van der Waals surface area (Å²) in [6.07, 6.45) is 3.64. The van der Waals surface area contributed by atoms with Crippen LogP contribution in [-0.4, -0.2) is 12.2 Å². The van der Waals surface area contributed by atoms with Gasteiger partial charge >= 0.3 is 0 Å². The van der Waals surface area contributed by atoms with E-state index in [1.165, 1.54) is 18.4 Å². The van der Waals surface area contributed by atoms with Crippen LogP contribution < -0.4 is 4.74 Å². The number of phenolic OH excluding ortho intramolecular Hbond substituents is 1. The van der Waals surface area contributed by atoms with E-state index in [9.17, 15) is 5.11 Å². The highest BCUT2D eigenvalue weighted by atomic mass is 16.5. The highest BCUT2D eigenvalue weighted by Gasteiger charge is 2.22. The first-order valence-corrected chi connectivity index (χ1v) is 7.16. The van der Waals surface area contributed by atoms with Gasteiger partial charge in [0.25, 0.3) is 0 Å². The molecule has 2 heteroatoms. The van der Waals surface area contributed by atoms with Gasteiger partial charge in [-0.15, -0.1) is 0 Å². The van der Waals surface area contributed by atoms with Gasteiger partial charge < -0.3 is 9.84 Å². The molecule has 0 bridgehead atoms. The molecule has 1 N–H and O–H groups in total. The predicted molar refractivity (Wildman–Crippen MR) is 81.1 cm³/mol. The summed E-state index contributed by atoms with van der Waals surface area (Å²) in [5, 5.41) is 9.91. The standard InChI is InChI=1S/C17H28O2/c1-12(2)8-7-9-17(4,5)14-10-13(3)16(18)15(11-14)19-6/h10-12,18H,7-9H2,1-6H3. The Hall–Kier alpha value is -1.18. The highest BCUT2D eigenvalue weighted by Crippen LogP contribution is 2.37. The lowest BCUT2D eigenvalue weighted by Crippen LogP contribution is -2.17. The van der Waals surface area contributed by atoms with E-state index >= 15 is 0 Å². The molecule has 0 aliphatic carbocycles. The summed E-state index contributed by atoms with van der Waals surface area (Å²) < 4.78 is 5.25. The molecular formula is C17H28O2. The van der Waals surface area contributed by atoms with E-state index in [1.54, 1.807) is 7.11 Å². The summed E-state index contributed by atoms with van der Waals surface area (Å²) >= 11 is 0. The number of methoxy groups -OCH3 is 1. The van der Waals surface area contributed by atoms with Gasteiger partial charge in [0.1, 0.15) is 0 Å². The number of hydrogen-bond acceptors (Lipinski definition) is 2. The predicted octanol–water partition coefficient (Wildman–Crippen LogP) is 4.81. The van der Waals surface area contributed by atoms with Crippen LogP contribution in [-0.2, 0) is 5.41 Å². The number of rotatable bonds is 6. The maximum Gasteiger partial charge on any atom is 0.161 e. The molecule has 0 atom stereocenters. The molecule has 0 radical (unpaired) electrons. The maximum atomic E-state index is 9.91. The fourth-order valence-electron chi connectivity index (χ4n) is 2.39. The van der Waals surface area contributed by atoms with Crippen LogP contribution in [0, 0.1) is 12.8 Å². The number of phenols is 1. The van der Waals surface area contributed by atoms with Crippen molar-refractivity contribution in [2.75, 3.05) is 7.11 Å². The molecule has 0 aliphatic rings. The van der Waals surface area contributed by atoms with Gasteiger partial charge in [0.2, 0.25) is 0 Å². The summed E-state index contributed by atoms with van der Waals surface area (Å²) in [5.74, 6) is 1.59. The van der Waals surface area contributed by atoms with Crippen molar-refractivity contribution < 1.29 is 9.84 Å². The molecule has 1 aromatic carbocycles. The van der Waals surface area contributed by atoms with Crippen LogP contribution in [0.2, 0.25) is 0 Å². The van der Waals surface area contributed by atoms with E-state index in [4.69, 9.17) is 4.74 Å². The number of ether oxygens (including phenoxy) is 1. The molecule has 1 rings (SSSR count). The number of aromatic hydroxyl groups is 1. The highest BCUT2D eigenvalue weighted by molar-refractivity contribution is 5.49. The van der Waals surface area contributed by atoms with Crippen molar-refractivity contribution in [1.82, 2.24) is 0 Å². The van der Waals surface area contributed by atoms with Gasteiger partial charge in [-0.3, -0.25) is 0 Å². The van der Waals surface area contributed by atoms with Crippen LogP contribution in [0.3, 0.4) is 0 Å². The summed E-state index contributed by atoms with van der Waals surface area (Å²) in [7, 11) is 1.60. The molecular weight excluding hydrogens is 236 g/mol. The molecule has 0 spiro atoms. The molecule has 0 aromatic heterocycles. The van der Waals surface area contributed by atoms with Gasteiger partial charge in [-0.25, -0.2) is 0 Å². The van der Waals surface area contributed by atoms with Crippen LogP contribution in [0.4, 0.5) is 0 Å². The Morgan fingerprint density at radius 1 is 1.26 bits per heavy atom. The third kappa shape index (κ3) is 4.15. The Morgan fingerprint density at radius 2 is 1.89 bits per heavy atom. The Morgan fingerprint density at radius 3 is 2.42 bits per heavy atom. The van der Waals surface area contributed by atoms with Crippen molar-refractivity contribution in [3.05, 3.63) is 23.3 Å². The van der Waals surface area contributed by atoms with Crippen molar-refractivity contribution in [3.8, 4) is 11.5 Å². The molecule has 0 heterocycles. The topological polar surface area (TPSA) is 29.5 Å². The fraction of sp³-hybridized carbons (Fsp3) is 0.647. The van der Waals surface area contributed by atoms with E-state index in [1.807, 2.05) is 13.0 Å². The molecule has 0 saturated carbocycles. The van der Waals surface area contributed by atoms with E-state index < -0.39 is 0 Å². The van der Waals surface area contributed by atoms with E-state index in [-0.39, 0.29) is 11.2 Å².